The van der Waals surface area contributed by atoms with Crippen molar-refractivity contribution in [3.63, 3.8) is 0 Å². The lowest BCUT2D eigenvalue weighted by Gasteiger charge is -2.61. The molecule has 0 aromatic heterocycles. The lowest BCUT2D eigenvalue weighted by Crippen LogP contribution is -2.54. The first kappa shape index (κ1) is 19.4. The van der Waals surface area contributed by atoms with Crippen LogP contribution in [0, 0.1) is 46.3 Å². The van der Waals surface area contributed by atoms with Crippen LogP contribution in [0.2, 0.25) is 0 Å². The number of Topliss-reactive ketones (excluding diaryl/α,β-unsaturated/α-hetero) is 1. The van der Waals surface area contributed by atoms with E-state index in [-0.39, 0.29) is 5.41 Å². The van der Waals surface area contributed by atoms with Crippen LogP contribution in [0.4, 0.5) is 0 Å². The van der Waals surface area contributed by atoms with Gasteiger partial charge in [0.1, 0.15) is 5.78 Å². The van der Waals surface area contributed by atoms with E-state index >= 15 is 0 Å². The van der Waals surface area contributed by atoms with Gasteiger partial charge in [-0.05, 0) is 98.2 Å². The first-order chi connectivity index (χ1) is 12.4. The Balaban J connectivity index is 1.54. The van der Waals surface area contributed by atoms with Crippen molar-refractivity contribution in [3.8, 4) is 0 Å². The van der Waals surface area contributed by atoms with Crippen molar-refractivity contribution in [2.24, 2.45) is 46.3 Å². The minimum Gasteiger partial charge on any atom is -0.384 e. The number of methoxy groups -OCH3 is 1. The van der Waals surface area contributed by atoms with E-state index < -0.39 is 0 Å². The van der Waals surface area contributed by atoms with Gasteiger partial charge in [0.15, 0.2) is 0 Å². The Morgan fingerprint density at radius 1 is 1.00 bits per heavy atom. The summed E-state index contributed by atoms with van der Waals surface area (Å²) >= 11 is 3.45. The number of rotatable bonds is 4. The van der Waals surface area contributed by atoms with Crippen molar-refractivity contribution >= 4 is 21.7 Å². The summed E-state index contributed by atoms with van der Waals surface area (Å²) in [5.74, 6) is 5.05. The Morgan fingerprint density at radius 3 is 2.46 bits per heavy atom. The second-order valence-electron chi connectivity index (χ2n) is 10.5. The molecule has 4 aliphatic rings. The molecule has 0 N–H and O–H groups in total. The summed E-state index contributed by atoms with van der Waals surface area (Å²) in [6.45, 7) is 6.06. The fourth-order valence-electron chi connectivity index (χ4n) is 8.36. The van der Waals surface area contributed by atoms with Gasteiger partial charge in [0.25, 0.3) is 0 Å². The van der Waals surface area contributed by atoms with Crippen LogP contribution in [-0.4, -0.2) is 24.8 Å². The largest absolute Gasteiger partial charge is 0.384 e. The van der Waals surface area contributed by atoms with E-state index in [9.17, 15) is 4.79 Å². The summed E-state index contributed by atoms with van der Waals surface area (Å²) in [7, 11) is 1.86. The van der Waals surface area contributed by atoms with Gasteiger partial charge in [-0.2, -0.15) is 0 Å². The average molecular weight is 425 g/mol. The topological polar surface area (TPSA) is 26.3 Å². The van der Waals surface area contributed by atoms with Gasteiger partial charge in [-0.15, -0.1) is 0 Å². The third-order valence-corrected chi connectivity index (χ3v) is 10.2. The van der Waals surface area contributed by atoms with Crippen LogP contribution >= 0.6 is 15.9 Å². The Bertz CT molecular complexity index is 548. The molecule has 4 fully saturated rings. The first-order valence-electron chi connectivity index (χ1n) is 11.0. The van der Waals surface area contributed by atoms with E-state index in [1.807, 2.05) is 7.11 Å². The van der Waals surface area contributed by atoms with Crippen LogP contribution in [0.5, 0.6) is 0 Å². The van der Waals surface area contributed by atoms with Gasteiger partial charge in [-0.1, -0.05) is 29.8 Å². The lowest BCUT2D eigenvalue weighted by molar-refractivity contribution is -0.135. The molecule has 2 nitrogen and oxygen atoms in total. The fourth-order valence-corrected chi connectivity index (χ4v) is 8.75. The van der Waals surface area contributed by atoms with Gasteiger partial charge in [0, 0.05) is 19.6 Å². The summed E-state index contributed by atoms with van der Waals surface area (Å²) in [4.78, 5) is 12.6. The molecule has 0 aromatic rings. The molecule has 8 unspecified atom stereocenters. The molecule has 0 spiro atoms. The minimum atomic E-state index is 0.280. The minimum absolute atomic E-state index is 0.280. The molecule has 4 rings (SSSR count). The van der Waals surface area contributed by atoms with E-state index in [4.69, 9.17) is 4.74 Å². The number of fused-ring (bicyclic) bond motifs is 5. The van der Waals surface area contributed by atoms with E-state index in [0.717, 1.165) is 42.6 Å². The SMILES string of the molecule is COCC1CCC2(C)C(CCC3C2CCC2(C)C(C(=O)CBr)CCC32)C1. The molecule has 0 radical (unpaired) electrons. The monoisotopic (exact) mass is 424 g/mol. The number of ether oxygens (including phenoxy) is 1. The maximum Gasteiger partial charge on any atom is 0.147 e. The molecule has 26 heavy (non-hydrogen) atoms. The predicted octanol–water partition coefficient (Wildman–Crippen LogP) is 5.87. The number of hydrogen-bond donors (Lipinski definition) is 0. The highest BCUT2D eigenvalue weighted by molar-refractivity contribution is 9.09. The fraction of sp³-hybridized carbons (Fsp3) is 0.957. The highest BCUT2D eigenvalue weighted by Gasteiger charge is 2.60. The molecule has 0 bridgehead atoms. The van der Waals surface area contributed by atoms with E-state index in [1.165, 1.54) is 51.4 Å². The van der Waals surface area contributed by atoms with Crippen LogP contribution in [0.3, 0.4) is 0 Å². The van der Waals surface area contributed by atoms with Crippen molar-refractivity contribution in [2.45, 2.75) is 71.6 Å². The summed E-state index contributed by atoms with van der Waals surface area (Å²) in [5, 5.41) is 0.550. The van der Waals surface area contributed by atoms with Crippen LogP contribution in [0.15, 0.2) is 0 Å². The van der Waals surface area contributed by atoms with Crippen molar-refractivity contribution in [1.82, 2.24) is 0 Å². The normalized spacial score (nSPS) is 50.6. The number of alkyl halides is 1. The van der Waals surface area contributed by atoms with Crippen molar-refractivity contribution in [3.05, 3.63) is 0 Å². The number of carbonyl (C=O) groups excluding carboxylic acids is 1. The molecule has 8 atom stereocenters. The summed E-state index contributed by atoms with van der Waals surface area (Å²) in [6, 6.07) is 0. The van der Waals surface area contributed by atoms with Gasteiger partial charge < -0.3 is 4.74 Å². The maximum absolute atomic E-state index is 12.6. The second-order valence-corrected chi connectivity index (χ2v) is 11.1. The summed E-state index contributed by atoms with van der Waals surface area (Å²) in [6.07, 6.45) is 12.1. The van der Waals surface area contributed by atoms with Crippen molar-refractivity contribution in [2.75, 3.05) is 19.0 Å². The molecular weight excluding hydrogens is 388 g/mol. The van der Waals surface area contributed by atoms with Gasteiger partial charge in [0.05, 0.1) is 5.33 Å². The highest BCUT2D eigenvalue weighted by atomic mass is 79.9. The summed E-state index contributed by atoms with van der Waals surface area (Å²) in [5.41, 5.74) is 0.828. The molecule has 4 aliphatic carbocycles. The van der Waals surface area contributed by atoms with Crippen LogP contribution < -0.4 is 0 Å². The van der Waals surface area contributed by atoms with Gasteiger partial charge >= 0.3 is 0 Å². The Kier molecular flexibility index (Phi) is 5.36. The van der Waals surface area contributed by atoms with Gasteiger partial charge in [0.2, 0.25) is 0 Å². The third kappa shape index (κ3) is 2.86. The van der Waals surface area contributed by atoms with Crippen LogP contribution in [-0.2, 0) is 9.53 Å². The smallest absolute Gasteiger partial charge is 0.147 e. The quantitative estimate of drug-likeness (QED) is 0.527. The molecule has 148 valence electrons. The standard InChI is InChI=1S/C23H37BrO2/c1-22-10-8-15(14-26-3)12-16(22)4-5-17-18-6-7-20(21(25)13-24)23(18,2)11-9-19(17)22/h15-20H,4-14H2,1-3H3. The molecule has 3 heteroatoms. The van der Waals surface area contributed by atoms with Gasteiger partial charge in [-0.3, -0.25) is 4.79 Å². The third-order valence-electron chi connectivity index (χ3n) is 9.70. The van der Waals surface area contributed by atoms with Gasteiger partial charge in [-0.25, -0.2) is 0 Å². The Morgan fingerprint density at radius 2 is 1.73 bits per heavy atom. The van der Waals surface area contributed by atoms with Crippen LogP contribution in [0.1, 0.15) is 71.6 Å². The van der Waals surface area contributed by atoms with E-state index in [1.54, 1.807) is 0 Å². The zero-order valence-electron chi connectivity index (χ0n) is 16.9. The van der Waals surface area contributed by atoms with Crippen molar-refractivity contribution < 1.29 is 9.53 Å². The number of ketones is 1. The first-order valence-corrected chi connectivity index (χ1v) is 12.1. The molecular formula is C23H37BrO2. The number of halogens is 1. The molecule has 0 saturated heterocycles. The lowest BCUT2D eigenvalue weighted by atomic mass is 9.44. The zero-order chi connectivity index (χ0) is 18.5. The Hall–Kier alpha value is 0.110. The predicted molar refractivity (Wildman–Crippen MR) is 109 cm³/mol. The molecule has 0 amide bonds. The maximum atomic E-state index is 12.6. The molecule has 0 aromatic carbocycles. The second kappa shape index (κ2) is 7.17. The van der Waals surface area contributed by atoms with E-state index in [2.05, 4.69) is 29.8 Å². The van der Waals surface area contributed by atoms with Crippen LogP contribution in [0.25, 0.3) is 0 Å². The van der Waals surface area contributed by atoms with Crippen molar-refractivity contribution in [1.29, 1.82) is 0 Å². The zero-order valence-corrected chi connectivity index (χ0v) is 18.5. The Labute approximate surface area is 168 Å². The average Bonchev–Trinajstić information content (AvgIpc) is 2.99. The van der Waals surface area contributed by atoms with E-state index in [0.29, 0.717) is 22.4 Å². The summed E-state index contributed by atoms with van der Waals surface area (Å²) < 4.78 is 5.48. The highest BCUT2D eigenvalue weighted by Crippen LogP contribution is 2.67. The molecule has 4 saturated carbocycles. The molecule has 0 aliphatic heterocycles. The molecule has 0 heterocycles. The number of hydrogen-bond acceptors (Lipinski definition) is 2. The number of carbonyl (C=O) groups is 1.